The fraction of sp³-hybridized carbons (Fsp3) is 0.105. The van der Waals surface area contributed by atoms with Crippen molar-refractivity contribution in [1.82, 2.24) is 10.5 Å². The molecule has 7 heteroatoms. The number of nitrogens with one attached hydrogen (secondary N) is 3. The van der Waals surface area contributed by atoms with Crippen molar-refractivity contribution >= 4 is 17.4 Å². The van der Waals surface area contributed by atoms with E-state index in [0.717, 1.165) is 5.56 Å². The zero-order chi connectivity index (χ0) is 18.5. The van der Waals surface area contributed by atoms with Crippen molar-refractivity contribution in [3.05, 3.63) is 83.0 Å². The van der Waals surface area contributed by atoms with E-state index in [2.05, 4.69) is 15.8 Å². The molecule has 0 aliphatic heterocycles. The Morgan fingerprint density at radius 3 is 2.58 bits per heavy atom. The summed E-state index contributed by atoms with van der Waals surface area (Å²) in [5, 5.41) is 17.6. The second-order valence-corrected chi connectivity index (χ2v) is 5.67. The van der Waals surface area contributed by atoms with E-state index in [4.69, 9.17) is 9.93 Å². The van der Waals surface area contributed by atoms with E-state index in [0.29, 0.717) is 23.5 Å². The van der Waals surface area contributed by atoms with Crippen molar-refractivity contribution in [3.63, 3.8) is 0 Å². The Hall–Kier alpha value is -3.48. The number of halogens is 1. The van der Waals surface area contributed by atoms with Crippen molar-refractivity contribution in [2.24, 2.45) is 0 Å². The average Bonchev–Trinajstić information content (AvgIpc) is 3.07. The summed E-state index contributed by atoms with van der Waals surface area (Å²) in [4.78, 5) is 12.2. The molecule has 26 heavy (non-hydrogen) atoms. The van der Waals surface area contributed by atoms with E-state index >= 15 is 0 Å². The van der Waals surface area contributed by atoms with Crippen LogP contribution in [0.25, 0.3) is 0 Å². The highest BCUT2D eigenvalue weighted by Crippen LogP contribution is 2.17. The number of carbonyl (C=O) groups is 1. The van der Waals surface area contributed by atoms with Gasteiger partial charge >= 0.3 is 0 Å². The Balaban J connectivity index is 1.71. The maximum atomic E-state index is 13.0. The summed E-state index contributed by atoms with van der Waals surface area (Å²) < 4.78 is 17.7. The summed E-state index contributed by atoms with van der Waals surface area (Å²) in [6.45, 7) is 2.11. The van der Waals surface area contributed by atoms with Gasteiger partial charge in [0.15, 0.2) is 0 Å². The van der Waals surface area contributed by atoms with Gasteiger partial charge in [-0.3, -0.25) is 10.2 Å². The molecule has 1 aromatic heterocycles. The van der Waals surface area contributed by atoms with E-state index in [1.165, 1.54) is 18.4 Å². The van der Waals surface area contributed by atoms with Gasteiger partial charge in [0, 0.05) is 17.8 Å². The number of anilines is 1. The SMILES string of the molecule is Cc1nocc1C(=O)NC(=N)c1ccccc1NCc1ccc(F)cc1. The summed E-state index contributed by atoms with van der Waals surface area (Å²) in [7, 11) is 0. The van der Waals surface area contributed by atoms with E-state index in [1.807, 2.05) is 12.1 Å². The number of amides is 1. The third-order valence-corrected chi connectivity index (χ3v) is 3.83. The van der Waals surface area contributed by atoms with Crippen LogP contribution in [0.5, 0.6) is 0 Å². The Morgan fingerprint density at radius 1 is 1.15 bits per heavy atom. The number of aryl methyl sites for hydroxylation is 1. The largest absolute Gasteiger partial charge is 0.380 e. The van der Waals surface area contributed by atoms with Gasteiger partial charge < -0.3 is 15.2 Å². The Bertz CT molecular complexity index is 935. The van der Waals surface area contributed by atoms with Crippen LogP contribution in [0.2, 0.25) is 0 Å². The summed E-state index contributed by atoms with van der Waals surface area (Å²) in [5.41, 5.74) is 2.86. The fourth-order valence-electron chi connectivity index (χ4n) is 2.41. The molecule has 2 aromatic carbocycles. The standard InChI is InChI=1S/C19H17FN4O2/c1-12-16(11-26-24-12)19(25)23-18(21)15-4-2-3-5-17(15)22-10-13-6-8-14(20)9-7-13/h2-9,11,22H,10H2,1H3,(H2,21,23,25). The van der Waals surface area contributed by atoms with Crippen molar-refractivity contribution < 1.29 is 13.7 Å². The molecular weight excluding hydrogens is 335 g/mol. The predicted octanol–water partition coefficient (Wildman–Crippen LogP) is 3.49. The molecule has 3 rings (SSSR count). The van der Waals surface area contributed by atoms with Crippen molar-refractivity contribution in [3.8, 4) is 0 Å². The van der Waals surface area contributed by atoms with E-state index in [1.54, 1.807) is 31.2 Å². The zero-order valence-electron chi connectivity index (χ0n) is 14.0. The average molecular weight is 352 g/mol. The highest BCUT2D eigenvalue weighted by molar-refractivity contribution is 6.13. The lowest BCUT2D eigenvalue weighted by atomic mass is 10.1. The Labute approximate surface area is 149 Å². The number of hydrogen-bond acceptors (Lipinski definition) is 5. The minimum Gasteiger partial charge on any atom is -0.380 e. The number of benzene rings is 2. The second-order valence-electron chi connectivity index (χ2n) is 5.67. The quantitative estimate of drug-likeness (QED) is 0.484. The number of amidine groups is 1. The monoisotopic (exact) mass is 352 g/mol. The molecule has 0 fully saturated rings. The number of hydrogen-bond donors (Lipinski definition) is 3. The molecule has 0 saturated carbocycles. The lowest BCUT2D eigenvalue weighted by Crippen LogP contribution is -2.31. The summed E-state index contributed by atoms with van der Waals surface area (Å²) in [5.74, 6) is -0.789. The van der Waals surface area contributed by atoms with Gasteiger partial charge in [-0.2, -0.15) is 0 Å². The molecule has 0 aliphatic carbocycles. The molecule has 3 N–H and O–H groups in total. The van der Waals surface area contributed by atoms with Crippen molar-refractivity contribution in [2.45, 2.75) is 13.5 Å². The number of carbonyl (C=O) groups excluding carboxylic acids is 1. The third kappa shape index (κ3) is 3.94. The van der Waals surface area contributed by atoms with Crippen LogP contribution in [0.3, 0.4) is 0 Å². The Kier molecular flexibility index (Phi) is 5.07. The Morgan fingerprint density at radius 2 is 1.88 bits per heavy atom. The molecule has 0 radical (unpaired) electrons. The molecule has 1 heterocycles. The van der Waals surface area contributed by atoms with Gasteiger partial charge in [-0.05, 0) is 36.8 Å². The van der Waals surface area contributed by atoms with Crippen molar-refractivity contribution in [2.75, 3.05) is 5.32 Å². The van der Waals surface area contributed by atoms with Gasteiger partial charge in [0.2, 0.25) is 0 Å². The van der Waals surface area contributed by atoms with Gasteiger partial charge in [-0.1, -0.05) is 29.4 Å². The van der Waals surface area contributed by atoms with Gasteiger partial charge in [0.25, 0.3) is 5.91 Å². The second kappa shape index (κ2) is 7.60. The lowest BCUT2D eigenvalue weighted by Gasteiger charge is -2.13. The molecule has 132 valence electrons. The first-order chi connectivity index (χ1) is 12.5. The van der Waals surface area contributed by atoms with Gasteiger partial charge in [0.1, 0.15) is 23.5 Å². The molecule has 0 spiro atoms. The molecule has 1 amide bonds. The fourth-order valence-corrected chi connectivity index (χ4v) is 2.41. The molecule has 6 nitrogen and oxygen atoms in total. The third-order valence-electron chi connectivity index (χ3n) is 3.83. The van der Waals surface area contributed by atoms with E-state index < -0.39 is 5.91 Å². The number of rotatable bonds is 5. The molecular formula is C19H17FN4O2. The highest BCUT2D eigenvalue weighted by atomic mass is 19.1. The van der Waals surface area contributed by atoms with Gasteiger partial charge in [0.05, 0.1) is 5.69 Å². The molecule has 0 atom stereocenters. The van der Waals surface area contributed by atoms with Crippen LogP contribution in [-0.4, -0.2) is 16.9 Å². The number of aromatic nitrogens is 1. The van der Waals surface area contributed by atoms with Crippen LogP contribution in [0.4, 0.5) is 10.1 Å². The van der Waals surface area contributed by atoms with Gasteiger partial charge in [-0.25, -0.2) is 4.39 Å². The smallest absolute Gasteiger partial charge is 0.262 e. The van der Waals surface area contributed by atoms with Crippen LogP contribution in [0, 0.1) is 18.2 Å². The van der Waals surface area contributed by atoms with E-state index in [-0.39, 0.29) is 17.2 Å². The maximum Gasteiger partial charge on any atom is 0.262 e. The molecule has 0 aliphatic rings. The normalized spacial score (nSPS) is 10.4. The van der Waals surface area contributed by atoms with Crippen LogP contribution in [-0.2, 0) is 6.54 Å². The minimum absolute atomic E-state index is 0.0437. The van der Waals surface area contributed by atoms with Crippen LogP contribution in [0.15, 0.2) is 59.3 Å². The number of para-hydroxylation sites is 1. The van der Waals surface area contributed by atoms with E-state index in [9.17, 15) is 9.18 Å². The molecule has 3 aromatic rings. The lowest BCUT2D eigenvalue weighted by molar-refractivity contribution is 0.0976. The van der Waals surface area contributed by atoms with Crippen LogP contribution < -0.4 is 10.6 Å². The predicted molar refractivity (Wildman–Crippen MR) is 95.7 cm³/mol. The maximum absolute atomic E-state index is 13.0. The first kappa shape index (κ1) is 17.3. The minimum atomic E-state index is -0.456. The number of nitrogens with zero attached hydrogens (tertiary/aromatic N) is 1. The highest BCUT2D eigenvalue weighted by Gasteiger charge is 2.16. The molecule has 0 unspecified atom stereocenters. The van der Waals surface area contributed by atoms with Crippen LogP contribution >= 0.6 is 0 Å². The zero-order valence-corrected chi connectivity index (χ0v) is 14.0. The first-order valence-corrected chi connectivity index (χ1v) is 7.93. The topological polar surface area (TPSA) is 91.0 Å². The van der Waals surface area contributed by atoms with Crippen LogP contribution in [0.1, 0.15) is 27.2 Å². The summed E-state index contributed by atoms with van der Waals surface area (Å²) in [6, 6.07) is 13.3. The summed E-state index contributed by atoms with van der Waals surface area (Å²) in [6.07, 6.45) is 1.25. The van der Waals surface area contributed by atoms with Crippen molar-refractivity contribution in [1.29, 1.82) is 5.41 Å². The molecule has 0 saturated heterocycles. The van der Waals surface area contributed by atoms with Gasteiger partial charge in [-0.15, -0.1) is 0 Å². The molecule has 0 bridgehead atoms. The summed E-state index contributed by atoms with van der Waals surface area (Å²) >= 11 is 0. The first-order valence-electron chi connectivity index (χ1n) is 7.93.